The molecule has 1 atom stereocenters. The Morgan fingerprint density at radius 3 is 2.85 bits per heavy atom. The average molecular weight is 354 g/mol. The maximum atomic E-state index is 12.1. The summed E-state index contributed by atoms with van der Waals surface area (Å²) in [7, 11) is 1.60. The molecule has 5 heteroatoms. The van der Waals surface area contributed by atoms with Gasteiger partial charge in [0, 0.05) is 25.1 Å². The molecular formula is C21H26N2O3. The van der Waals surface area contributed by atoms with Crippen LogP contribution in [0.15, 0.2) is 48.5 Å². The third-order valence-electron chi connectivity index (χ3n) is 4.48. The zero-order chi connectivity index (χ0) is 18.2. The Kier molecular flexibility index (Phi) is 6.50. The molecule has 1 aliphatic heterocycles. The number of benzene rings is 2. The van der Waals surface area contributed by atoms with E-state index in [4.69, 9.17) is 9.47 Å². The molecule has 1 amide bonds. The van der Waals surface area contributed by atoms with Crippen LogP contribution in [0.1, 0.15) is 28.8 Å². The largest absolute Gasteiger partial charge is 0.497 e. The Bertz CT molecular complexity index is 708. The van der Waals surface area contributed by atoms with Crippen LogP contribution < -0.4 is 20.1 Å². The van der Waals surface area contributed by atoms with Gasteiger partial charge in [0.15, 0.2) is 0 Å². The van der Waals surface area contributed by atoms with Crippen molar-refractivity contribution in [3.8, 4) is 11.5 Å². The third-order valence-corrected chi connectivity index (χ3v) is 4.48. The molecule has 26 heavy (non-hydrogen) atoms. The molecule has 1 unspecified atom stereocenters. The lowest BCUT2D eigenvalue weighted by Gasteiger charge is -2.12. The molecule has 0 spiro atoms. The van der Waals surface area contributed by atoms with Crippen LogP contribution in [0.3, 0.4) is 0 Å². The second kappa shape index (κ2) is 9.25. The van der Waals surface area contributed by atoms with Gasteiger partial charge < -0.3 is 20.1 Å². The quantitative estimate of drug-likeness (QED) is 0.680. The van der Waals surface area contributed by atoms with Gasteiger partial charge in [-0.3, -0.25) is 4.79 Å². The monoisotopic (exact) mass is 354 g/mol. The Hall–Kier alpha value is -2.53. The summed E-state index contributed by atoms with van der Waals surface area (Å²) in [6.07, 6.45) is 3.15. The molecule has 2 aromatic carbocycles. The first-order valence-corrected chi connectivity index (χ1v) is 9.14. The number of methoxy groups -OCH3 is 1. The first-order chi connectivity index (χ1) is 12.8. The van der Waals surface area contributed by atoms with Gasteiger partial charge >= 0.3 is 0 Å². The summed E-state index contributed by atoms with van der Waals surface area (Å²) in [6, 6.07) is 15.4. The minimum absolute atomic E-state index is 0.0611. The van der Waals surface area contributed by atoms with Gasteiger partial charge in [0.1, 0.15) is 17.6 Å². The lowest BCUT2D eigenvalue weighted by atomic mass is 10.1. The van der Waals surface area contributed by atoms with Crippen LogP contribution in [0.25, 0.3) is 0 Å². The summed E-state index contributed by atoms with van der Waals surface area (Å²) in [5.41, 5.74) is 1.92. The van der Waals surface area contributed by atoms with Crippen molar-refractivity contribution in [2.75, 3.05) is 26.7 Å². The average Bonchev–Trinajstić information content (AvgIpc) is 3.10. The number of rotatable bonds is 9. The molecule has 3 rings (SSSR count). The molecule has 2 N–H and O–H groups in total. The Morgan fingerprint density at radius 1 is 1.15 bits per heavy atom. The van der Waals surface area contributed by atoms with Crippen molar-refractivity contribution in [2.45, 2.75) is 25.4 Å². The second-order valence-corrected chi connectivity index (χ2v) is 6.45. The number of ether oxygens (including phenoxy) is 2. The Labute approximate surface area is 154 Å². The molecule has 0 saturated carbocycles. The van der Waals surface area contributed by atoms with E-state index in [1.807, 2.05) is 24.3 Å². The lowest BCUT2D eigenvalue weighted by molar-refractivity contribution is 0.0952. The standard InChI is InChI=1S/C21H26N2O3/c1-25-18-9-6-8-17(14-18)21(24)23-12-5-4-11-22-15-19-13-16-7-2-3-10-20(16)26-19/h2-3,6-10,14,19,22H,4-5,11-13,15H2,1H3,(H,23,24). The fourth-order valence-corrected chi connectivity index (χ4v) is 3.07. The van der Waals surface area contributed by atoms with Crippen LogP contribution in [0.4, 0.5) is 0 Å². The summed E-state index contributed by atoms with van der Waals surface area (Å²) in [6.45, 7) is 2.44. The SMILES string of the molecule is COc1cccc(C(=O)NCCCCNCC2Cc3ccccc3O2)c1. The number of amides is 1. The topological polar surface area (TPSA) is 59.6 Å². The minimum atomic E-state index is -0.0611. The predicted molar refractivity (Wildman–Crippen MR) is 102 cm³/mol. The summed E-state index contributed by atoms with van der Waals surface area (Å²) >= 11 is 0. The Balaban J connectivity index is 1.25. The van der Waals surface area contributed by atoms with Crippen LogP contribution in [0, 0.1) is 0 Å². The van der Waals surface area contributed by atoms with Gasteiger partial charge in [0.25, 0.3) is 5.91 Å². The summed E-state index contributed by atoms with van der Waals surface area (Å²) in [4.78, 5) is 12.1. The van der Waals surface area contributed by atoms with E-state index < -0.39 is 0 Å². The van der Waals surface area contributed by atoms with Gasteiger partial charge in [-0.25, -0.2) is 0 Å². The number of carbonyl (C=O) groups is 1. The zero-order valence-corrected chi connectivity index (χ0v) is 15.2. The first kappa shape index (κ1) is 18.3. The number of carbonyl (C=O) groups excluding carboxylic acids is 1. The number of nitrogens with one attached hydrogen (secondary N) is 2. The number of fused-ring (bicyclic) bond motifs is 1. The van der Waals surface area contributed by atoms with Crippen LogP contribution in [0.2, 0.25) is 0 Å². The van der Waals surface area contributed by atoms with Gasteiger partial charge in [-0.1, -0.05) is 24.3 Å². The third kappa shape index (κ3) is 4.99. The number of para-hydroxylation sites is 1. The van der Waals surface area contributed by atoms with Crippen molar-refractivity contribution >= 4 is 5.91 Å². The molecular weight excluding hydrogens is 328 g/mol. The molecule has 0 aromatic heterocycles. The van der Waals surface area contributed by atoms with Crippen LogP contribution in [-0.4, -0.2) is 38.8 Å². The van der Waals surface area contributed by atoms with E-state index in [0.29, 0.717) is 17.9 Å². The van der Waals surface area contributed by atoms with E-state index in [2.05, 4.69) is 22.8 Å². The van der Waals surface area contributed by atoms with Crippen molar-refractivity contribution in [3.63, 3.8) is 0 Å². The van der Waals surface area contributed by atoms with Gasteiger partial charge in [-0.05, 0) is 49.2 Å². The molecule has 2 aromatic rings. The molecule has 1 heterocycles. The normalized spacial score (nSPS) is 15.2. The highest BCUT2D eigenvalue weighted by molar-refractivity contribution is 5.94. The second-order valence-electron chi connectivity index (χ2n) is 6.45. The molecule has 0 radical (unpaired) electrons. The highest BCUT2D eigenvalue weighted by atomic mass is 16.5. The lowest BCUT2D eigenvalue weighted by Crippen LogP contribution is -2.31. The van der Waals surface area contributed by atoms with Crippen LogP contribution in [0.5, 0.6) is 11.5 Å². The summed E-state index contributed by atoms with van der Waals surface area (Å²) in [5.74, 6) is 1.65. The fraction of sp³-hybridized carbons (Fsp3) is 0.381. The number of hydrogen-bond donors (Lipinski definition) is 2. The van der Waals surface area contributed by atoms with Gasteiger partial charge in [-0.2, -0.15) is 0 Å². The molecule has 5 nitrogen and oxygen atoms in total. The molecule has 1 aliphatic rings. The van der Waals surface area contributed by atoms with Crippen molar-refractivity contribution in [1.82, 2.24) is 10.6 Å². The number of unbranched alkanes of at least 4 members (excludes halogenated alkanes) is 1. The zero-order valence-electron chi connectivity index (χ0n) is 15.2. The first-order valence-electron chi connectivity index (χ1n) is 9.14. The van der Waals surface area contributed by atoms with Crippen LogP contribution in [-0.2, 0) is 6.42 Å². The smallest absolute Gasteiger partial charge is 0.251 e. The van der Waals surface area contributed by atoms with Crippen molar-refractivity contribution in [1.29, 1.82) is 0 Å². The van der Waals surface area contributed by atoms with E-state index in [-0.39, 0.29) is 12.0 Å². The maximum Gasteiger partial charge on any atom is 0.251 e. The fourth-order valence-electron chi connectivity index (χ4n) is 3.07. The predicted octanol–water partition coefficient (Wildman–Crippen LogP) is 2.80. The van der Waals surface area contributed by atoms with Crippen molar-refractivity contribution in [3.05, 3.63) is 59.7 Å². The summed E-state index contributed by atoms with van der Waals surface area (Å²) < 4.78 is 11.0. The number of hydrogen-bond acceptors (Lipinski definition) is 4. The molecule has 138 valence electrons. The molecule has 0 bridgehead atoms. The Morgan fingerprint density at radius 2 is 2.00 bits per heavy atom. The van der Waals surface area contributed by atoms with E-state index >= 15 is 0 Å². The molecule has 0 fully saturated rings. The van der Waals surface area contributed by atoms with E-state index in [1.54, 1.807) is 19.2 Å². The van der Waals surface area contributed by atoms with E-state index in [1.165, 1.54) is 5.56 Å². The van der Waals surface area contributed by atoms with E-state index in [9.17, 15) is 4.79 Å². The van der Waals surface area contributed by atoms with Gasteiger partial charge in [0.05, 0.1) is 7.11 Å². The maximum absolute atomic E-state index is 12.1. The molecule has 0 aliphatic carbocycles. The van der Waals surface area contributed by atoms with Gasteiger partial charge in [0.2, 0.25) is 0 Å². The molecule has 0 saturated heterocycles. The van der Waals surface area contributed by atoms with E-state index in [0.717, 1.165) is 38.1 Å². The highest BCUT2D eigenvalue weighted by Gasteiger charge is 2.21. The van der Waals surface area contributed by atoms with Crippen molar-refractivity contribution < 1.29 is 14.3 Å². The summed E-state index contributed by atoms with van der Waals surface area (Å²) in [5, 5.41) is 6.39. The minimum Gasteiger partial charge on any atom is -0.497 e. The van der Waals surface area contributed by atoms with Crippen LogP contribution >= 0.6 is 0 Å². The van der Waals surface area contributed by atoms with Gasteiger partial charge in [-0.15, -0.1) is 0 Å². The van der Waals surface area contributed by atoms with Crippen molar-refractivity contribution in [2.24, 2.45) is 0 Å². The highest BCUT2D eigenvalue weighted by Crippen LogP contribution is 2.27.